The van der Waals surface area contributed by atoms with Crippen molar-refractivity contribution in [3.63, 3.8) is 0 Å². The summed E-state index contributed by atoms with van der Waals surface area (Å²) in [4.78, 5) is 1.13. The molecular formula is C14H13FOS. The van der Waals surface area contributed by atoms with Gasteiger partial charge in [0.15, 0.2) is 0 Å². The van der Waals surface area contributed by atoms with Gasteiger partial charge in [0.05, 0.1) is 7.11 Å². The van der Waals surface area contributed by atoms with Gasteiger partial charge in [-0.05, 0) is 30.3 Å². The second-order valence-electron chi connectivity index (χ2n) is 3.56. The van der Waals surface area contributed by atoms with E-state index in [1.807, 2.05) is 30.3 Å². The fraction of sp³-hybridized carbons (Fsp3) is 0.143. The zero-order valence-electron chi connectivity index (χ0n) is 9.52. The highest BCUT2D eigenvalue weighted by molar-refractivity contribution is 7.98. The molecule has 0 radical (unpaired) electrons. The highest BCUT2D eigenvalue weighted by atomic mass is 32.2. The first kappa shape index (κ1) is 12.0. The highest BCUT2D eigenvalue weighted by Crippen LogP contribution is 2.25. The summed E-state index contributed by atoms with van der Waals surface area (Å²) in [6.07, 6.45) is 0. The second-order valence-corrected chi connectivity index (χ2v) is 4.61. The monoisotopic (exact) mass is 248 g/mol. The summed E-state index contributed by atoms with van der Waals surface area (Å²) >= 11 is 1.61. The van der Waals surface area contributed by atoms with Gasteiger partial charge >= 0.3 is 0 Å². The Kier molecular flexibility index (Phi) is 4.04. The summed E-state index contributed by atoms with van der Waals surface area (Å²) < 4.78 is 18.6. The minimum Gasteiger partial charge on any atom is -0.497 e. The minimum absolute atomic E-state index is 0.186. The lowest BCUT2D eigenvalue weighted by molar-refractivity contribution is 0.413. The van der Waals surface area contributed by atoms with E-state index >= 15 is 0 Å². The SMILES string of the molecule is COc1ccc(F)c(CSc2ccccc2)c1. The van der Waals surface area contributed by atoms with Crippen LogP contribution in [0.5, 0.6) is 5.75 Å². The molecule has 0 aliphatic carbocycles. The summed E-state index contributed by atoms with van der Waals surface area (Å²) in [5.74, 6) is 1.11. The molecule has 0 spiro atoms. The van der Waals surface area contributed by atoms with Crippen LogP contribution in [0.2, 0.25) is 0 Å². The van der Waals surface area contributed by atoms with Crippen molar-refractivity contribution in [2.24, 2.45) is 0 Å². The van der Waals surface area contributed by atoms with Gasteiger partial charge in [0, 0.05) is 16.2 Å². The fourth-order valence-electron chi connectivity index (χ4n) is 1.47. The molecule has 0 fully saturated rings. The molecule has 0 aliphatic rings. The van der Waals surface area contributed by atoms with Crippen LogP contribution in [0.3, 0.4) is 0 Å². The van der Waals surface area contributed by atoms with Gasteiger partial charge in [-0.2, -0.15) is 0 Å². The van der Waals surface area contributed by atoms with Crippen molar-refractivity contribution in [3.8, 4) is 5.75 Å². The largest absolute Gasteiger partial charge is 0.497 e. The molecule has 0 atom stereocenters. The van der Waals surface area contributed by atoms with Crippen LogP contribution in [0.15, 0.2) is 53.4 Å². The number of halogens is 1. The molecule has 3 heteroatoms. The summed E-state index contributed by atoms with van der Waals surface area (Å²) in [6.45, 7) is 0. The molecule has 0 amide bonds. The minimum atomic E-state index is -0.186. The molecule has 2 aromatic rings. The van der Waals surface area contributed by atoms with Crippen molar-refractivity contribution in [1.82, 2.24) is 0 Å². The van der Waals surface area contributed by atoms with Gasteiger partial charge < -0.3 is 4.74 Å². The molecule has 0 bridgehead atoms. The molecule has 0 saturated carbocycles. The first-order chi connectivity index (χ1) is 8.29. The van der Waals surface area contributed by atoms with Crippen LogP contribution in [0.4, 0.5) is 4.39 Å². The van der Waals surface area contributed by atoms with Crippen LogP contribution in [0.1, 0.15) is 5.56 Å². The van der Waals surface area contributed by atoms with E-state index in [1.54, 1.807) is 31.0 Å². The molecule has 0 N–H and O–H groups in total. The third-order valence-electron chi connectivity index (χ3n) is 2.39. The standard InChI is InChI=1S/C14H13FOS/c1-16-12-7-8-14(15)11(9-12)10-17-13-5-3-2-4-6-13/h2-9H,10H2,1H3. The van der Waals surface area contributed by atoms with E-state index < -0.39 is 0 Å². The van der Waals surface area contributed by atoms with Crippen LogP contribution >= 0.6 is 11.8 Å². The summed E-state index contributed by atoms with van der Waals surface area (Å²) in [6, 6.07) is 14.8. The van der Waals surface area contributed by atoms with Gasteiger partial charge in [0.1, 0.15) is 11.6 Å². The topological polar surface area (TPSA) is 9.23 Å². The third kappa shape index (κ3) is 3.24. The van der Waals surface area contributed by atoms with E-state index in [0.717, 1.165) is 4.90 Å². The summed E-state index contributed by atoms with van der Waals surface area (Å²) in [5.41, 5.74) is 0.665. The zero-order chi connectivity index (χ0) is 12.1. The Balaban J connectivity index is 2.08. The lowest BCUT2D eigenvalue weighted by atomic mass is 10.2. The molecule has 0 heterocycles. The smallest absolute Gasteiger partial charge is 0.127 e. The number of rotatable bonds is 4. The lowest BCUT2D eigenvalue weighted by Crippen LogP contribution is -1.90. The van der Waals surface area contributed by atoms with Crippen LogP contribution < -0.4 is 4.74 Å². The molecular weight excluding hydrogens is 235 g/mol. The summed E-state index contributed by atoms with van der Waals surface area (Å²) in [5, 5.41) is 0. The number of ether oxygens (including phenoxy) is 1. The van der Waals surface area contributed by atoms with Crippen molar-refractivity contribution in [2.75, 3.05) is 7.11 Å². The molecule has 1 nitrogen and oxygen atoms in total. The average Bonchev–Trinajstić information content (AvgIpc) is 2.39. The first-order valence-corrected chi connectivity index (χ1v) is 6.28. The molecule has 0 aromatic heterocycles. The molecule has 17 heavy (non-hydrogen) atoms. The van der Waals surface area contributed by atoms with Gasteiger partial charge in [-0.25, -0.2) is 4.39 Å². The zero-order valence-corrected chi connectivity index (χ0v) is 10.3. The Labute approximate surface area is 105 Å². The maximum Gasteiger partial charge on any atom is 0.127 e. The van der Waals surface area contributed by atoms with Crippen molar-refractivity contribution < 1.29 is 9.13 Å². The average molecular weight is 248 g/mol. The number of benzene rings is 2. The Bertz CT molecular complexity index is 485. The van der Waals surface area contributed by atoms with Gasteiger partial charge in [-0.1, -0.05) is 18.2 Å². The Hall–Kier alpha value is -1.48. The third-order valence-corrected chi connectivity index (χ3v) is 3.45. The quantitative estimate of drug-likeness (QED) is 0.752. The van der Waals surface area contributed by atoms with Crippen molar-refractivity contribution in [2.45, 2.75) is 10.6 Å². The van der Waals surface area contributed by atoms with Gasteiger partial charge in [0.25, 0.3) is 0 Å². The molecule has 2 aromatic carbocycles. The molecule has 88 valence electrons. The van der Waals surface area contributed by atoms with Gasteiger partial charge in [-0.3, -0.25) is 0 Å². The first-order valence-electron chi connectivity index (χ1n) is 5.30. The van der Waals surface area contributed by atoms with Crippen LogP contribution in [-0.4, -0.2) is 7.11 Å². The Morgan fingerprint density at radius 1 is 1.12 bits per heavy atom. The molecule has 2 rings (SSSR count). The van der Waals surface area contributed by atoms with Crippen LogP contribution in [-0.2, 0) is 5.75 Å². The Morgan fingerprint density at radius 3 is 2.59 bits per heavy atom. The second kappa shape index (κ2) is 5.73. The Morgan fingerprint density at radius 2 is 1.88 bits per heavy atom. The predicted molar refractivity (Wildman–Crippen MR) is 69.0 cm³/mol. The number of methoxy groups -OCH3 is 1. The van der Waals surface area contributed by atoms with E-state index in [1.165, 1.54) is 6.07 Å². The maximum absolute atomic E-state index is 13.5. The number of thioether (sulfide) groups is 1. The van der Waals surface area contributed by atoms with Gasteiger partial charge in [0.2, 0.25) is 0 Å². The molecule has 0 aliphatic heterocycles. The van der Waals surface area contributed by atoms with E-state index in [4.69, 9.17) is 4.74 Å². The van der Waals surface area contributed by atoms with Crippen molar-refractivity contribution in [1.29, 1.82) is 0 Å². The van der Waals surface area contributed by atoms with E-state index in [0.29, 0.717) is 17.1 Å². The summed E-state index contributed by atoms with van der Waals surface area (Å²) in [7, 11) is 1.58. The van der Waals surface area contributed by atoms with E-state index in [2.05, 4.69) is 0 Å². The number of hydrogen-bond donors (Lipinski definition) is 0. The van der Waals surface area contributed by atoms with E-state index in [-0.39, 0.29) is 5.82 Å². The lowest BCUT2D eigenvalue weighted by Gasteiger charge is -2.06. The van der Waals surface area contributed by atoms with Crippen molar-refractivity contribution >= 4 is 11.8 Å². The van der Waals surface area contributed by atoms with E-state index in [9.17, 15) is 4.39 Å². The fourth-order valence-corrected chi connectivity index (χ4v) is 2.36. The van der Waals surface area contributed by atoms with Crippen LogP contribution in [0.25, 0.3) is 0 Å². The predicted octanol–water partition coefficient (Wildman–Crippen LogP) is 4.13. The highest BCUT2D eigenvalue weighted by Gasteiger charge is 2.04. The number of hydrogen-bond acceptors (Lipinski definition) is 2. The maximum atomic E-state index is 13.5. The normalized spacial score (nSPS) is 10.2. The van der Waals surface area contributed by atoms with Crippen molar-refractivity contribution in [3.05, 3.63) is 59.9 Å². The van der Waals surface area contributed by atoms with Crippen LogP contribution in [0, 0.1) is 5.82 Å². The molecule has 0 saturated heterocycles. The van der Waals surface area contributed by atoms with Gasteiger partial charge in [-0.15, -0.1) is 11.8 Å². The molecule has 0 unspecified atom stereocenters.